The minimum atomic E-state index is -3.54. The van der Waals surface area contributed by atoms with Crippen molar-refractivity contribution in [3.8, 4) is 0 Å². The Labute approximate surface area is 119 Å². The quantitative estimate of drug-likeness (QED) is 0.824. The van der Waals surface area contributed by atoms with Crippen LogP contribution >= 0.6 is 0 Å². The molecule has 1 aromatic carbocycles. The third-order valence-electron chi connectivity index (χ3n) is 4.17. The van der Waals surface area contributed by atoms with Crippen LogP contribution < -0.4 is 10.5 Å². The van der Waals surface area contributed by atoms with E-state index < -0.39 is 10.0 Å². The molecule has 2 aliphatic rings. The van der Waals surface area contributed by atoms with Crippen molar-refractivity contribution in [1.29, 1.82) is 0 Å². The highest BCUT2D eigenvalue weighted by Gasteiger charge is 2.42. The van der Waals surface area contributed by atoms with E-state index in [4.69, 9.17) is 10.5 Å². The summed E-state index contributed by atoms with van der Waals surface area (Å²) in [4.78, 5) is 0.294. The number of ether oxygens (including phenoxy) is 1. The summed E-state index contributed by atoms with van der Waals surface area (Å²) in [5, 5.41) is 0. The van der Waals surface area contributed by atoms with Crippen LogP contribution in [0.5, 0.6) is 0 Å². The van der Waals surface area contributed by atoms with Crippen molar-refractivity contribution in [1.82, 2.24) is 4.72 Å². The number of hydrogen-bond donors (Lipinski definition) is 2. The average molecular weight is 296 g/mol. The number of anilines is 1. The molecule has 5 nitrogen and oxygen atoms in total. The second-order valence-corrected chi connectivity index (χ2v) is 7.24. The van der Waals surface area contributed by atoms with Gasteiger partial charge in [-0.05, 0) is 43.4 Å². The molecule has 2 aliphatic heterocycles. The van der Waals surface area contributed by atoms with Gasteiger partial charge in [0.05, 0.1) is 23.1 Å². The smallest absolute Gasteiger partial charge is 0.241 e. The topological polar surface area (TPSA) is 81.4 Å². The van der Waals surface area contributed by atoms with Crippen LogP contribution in [-0.4, -0.2) is 26.7 Å². The fourth-order valence-electron chi connectivity index (χ4n) is 3.14. The molecule has 0 aromatic heterocycles. The van der Waals surface area contributed by atoms with E-state index in [1.165, 1.54) is 6.07 Å². The number of hydrogen-bond acceptors (Lipinski definition) is 4. The van der Waals surface area contributed by atoms with Crippen molar-refractivity contribution in [3.63, 3.8) is 0 Å². The highest BCUT2D eigenvalue weighted by Crippen LogP contribution is 2.35. The van der Waals surface area contributed by atoms with E-state index in [1.54, 1.807) is 12.1 Å². The van der Waals surface area contributed by atoms with Gasteiger partial charge in [0.1, 0.15) is 0 Å². The first-order valence-corrected chi connectivity index (χ1v) is 8.54. The first-order valence-electron chi connectivity index (χ1n) is 7.06. The van der Waals surface area contributed by atoms with E-state index >= 15 is 0 Å². The van der Waals surface area contributed by atoms with Gasteiger partial charge in [0.2, 0.25) is 10.0 Å². The molecule has 3 N–H and O–H groups in total. The molecule has 20 heavy (non-hydrogen) atoms. The Hall–Kier alpha value is -1.11. The summed E-state index contributed by atoms with van der Waals surface area (Å²) in [6.07, 6.45) is 3.66. The van der Waals surface area contributed by atoms with Crippen molar-refractivity contribution in [3.05, 3.63) is 23.8 Å². The molecule has 0 amide bonds. The minimum absolute atomic E-state index is 0.0286. The van der Waals surface area contributed by atoms with Crippen LogP contribution in [0.3, 0.4) is 0 Å². The van der Waals surface area contributed by atoms with E-state index in [9.17, 15) is 8.42 Å². The van der Waals surface area contributed by atoms with E-state index in [0.29, 0.717) is 17.0 Å². The molecule has 110 valence electrons. The molecule has 6 heteroatoms. The van der Waals surface area contributed by atoms with E-state index in [-0.39, 0.29) is 18.2 Å². The lowest BCUT2D eigenvalue weighted by atomic mass is 9.96. The third-order valence-corrected chi connectivity index (χ3v) is 5.75. The molecule has 3 atom stereocenters. The fraction of sp³-hybridized carbons (Fsp3) is 0.571. The number of nitrogen functional groups attached to an aromatic ring is 1. The van der Waals surface area contributed by atoms with E-state index in [1.807, 2.05) is 6.92 Å². The normalized spacial score (nSPS) is 28.9. The zero-order valence-electron chi connectivity index (χ0n) is 11.5. The number of nitrogens with one attached hydrogen (secondary N) is 1. The van der Waals surface area contributed by atoms with E-state index in [0.717, 1.165) is 24.8 Å². The van der Waals surface area contributed by atoms with Crippen LogP contribution in [0, 0.1) is 0 Å². The Morgan fingerprint density at radius 3 is 2.80 bits per heavy atom. The molecule has 3 rings (SSSR count). The predicted octanol–water partition coefficient (Wildman–Crippen LogP) is 1.43. The Balaban J connectivity index is 1.86. The maximum Gasteiger partial charge on any atom is 0.241 e. The van der Waals surface area contributed by atoms with Crippen LogP contribution in [0.1, 0.15) is 31.7 Å². The number of rotatable bonds is 4. The van der Waals surface area contributed by atoms with Gasteiger partial charge in [-0.2, -0.15) is 0 Å². The monoisotopic (exact) mass is 296 g/mol. The summed E-state index contributed by atoms with van der Waals surface area (Å²) in [6, 6.07) is 4.94. The molecule has 1 aromatic rings. The van der Waals surface area contributed by atoms with Crippen molar-refractivity contribution in [2.75, 3.05) is 5.73 Å². The van der Waals surface area contributed by atoms with Gasteiger partial charge in [0.15, 0.2) is 0 Å². The Bertz CT molecular complexity index is 615. The molecule has 2 bridgehead atoms. The minimum Gasteiger partial charge on any atom is -0.399 e. The van der Waals surface area contributed by atoms with Gasteiger partial charge in [0.25, 0.3) is 0 Å². The van der Waals surface area contributed by atoms with Crippen molar-refractivity contribution in [2.45, 2.75) is 55.8 Å². The van der Waals surface area contributed by atoms with Gasteiger partial charge in [-0.3, -0.25) is 0 Å². The molecule has 2 saturated heterocycles. The number of nitrogens with two attached hydrogens (primary N) is 1. The zero-order chi connectivity index (χ0) is 14.3. The first-order chi connectivity index (χ1) is 9.49. The van der Waals surface area contributed by atoms with Gasteiger partial charge in [-0.25, -0.2) is 13.1 Å². The largest absolute Gasteiger partial charge is 0.399 e. The number of benzene rings is 1. The Morgan fingerprint density at radius 1 is 1.40 bits per heavy atom. The second kappa shape index (κ2) is 5.02. The molecular weight excluding hydrogens is 276 g/mol. The fourth-order valence-corrected chi connectivity index (χ4v) is 4.76. The SMILES string of the molecule is CCc1ccc(N)cc1S(=O)(=O)NC1CC2CCC1O2. The van der Waals surface area contributed by atoms with Gasteiger partial charge >= 0.3 is 0 Å². The summed E-state index contributed by atoms with van der Waals surface area (Å²) in [6.45, 7) is 1.94. The lowest BCUT2D eigenvalue weighted by Crippen LogP contribution is -2.41. The van der Waals surface area contributed by atoms with Crippen molar-refractivity contribution >= 4 is 15.7 Å². The van der Waals surface area contributed by atoms with Crippen molar-refractivity contribution in [2.24, 2.45) is 0 Å². The van der Waals surface area contributed by atoms with Gasteiger partial charge in [-0.1, -0.05) is 13.0 Å². The molecule has 0 aliphatic carbocycles. The molecule has 0 radical (unpaired) electrons. The molecule has 2 fully saturated rings. The van der Waals surface area contributed by atoms with Crippen molar-refractivity contribution < 1.29 is 13.2 Å². The third kappa shape index (κ3) is 2.43. The van der Waals surface area contributed by atoms with Gasteiger partial charge in [-0.15, -0.1) is 0 Å². The van der Waals surface area contributed by atoms with Gasteiger partial charge in [0, 0.05) is 5.69 Å². The first kappa shape index (κ1) is 13.9. The zero-order valence-corrected chi connectivity index (χ0v) is 12.3. The molecule has 0 spiro atoms. The van der Waals surface area contributed by atoms with Crippen LogP contribution in [0.2, 0.25) is 0 Å². The van der Waals surface area contributed by atoms with Crippen LogP contribution in [-0.2, 0) is 21.2 Å². The van der Waals surface area contributed by atoms with Crippen LogP contribution in [0.25, 0.3) is 0 Å². The maximum absolute atomic E-state index is 12.6. The highest BCUT2D eigenvalue weighted by molar-refractivity contribution is 7.89. The lowest BCUT2D eigenvalue weighted by Gasteiger charge is -2.21. The summed E-state index contributed by atoms with van der Waals surface area (Å²) in [5.74, 6) is 0. The number of sulfonamides is 1. The predicted molar refractivity (Wildman–Crippen MR) is 76.9 cm³/mol. The Morgan fingerprint density at radius 2 is 2.20 bits per heavy atom. The summed E-state index contributed by atoms with van der Waals surface area (Å²) >= 11 is 0. The number of fused-ring (bicyclic) bond motifs is 2. The van der Waals surface area contributed by atoms with Crippen LogP contribution in [0.15, 0.2) is 23.1 Å². The summed E-state index contributed by atoms with van der Waals surface area (Å²) in [7, 11) is -3.54. The number of aryl methyl sites for hydroxylation is 1. The second-order valence-electron chi connectivity index (χ2n) is 5.56. The Kier molecular flexibility index (Phi) is 3.48. The highest BCUT2D eigenvalue weighted by atomic mass is 32.2. The van der Waals surface area contributed by atoms with Crippen LogP contribution in [0.4, 0.5) is 5.69 Å². The van der Waals surface area contributed by atoms with E-state index in [2.05, 4.69) is 4.72 Å². The lowest BCUT2D eigenvalue weighted by molar-refractivity contribution is 0.0996. The standard InChI is InChI=1S/C14H20N2O3S/c1-2-9-3-4-10(15)7-14(9)20(17,18)16-12-8-11-5-6-13(12)19-11/h3-4,7,11-13,16H,2,5-6,8,15H2,1H3. The average Bonchev–Trinajstić information content (AvgIpc) is 3.00. The maximum atomic E-state index is 12.6. The molecule has 2 heterocycles. The summed E-state index contributed by atoms with van der Waals surface area (Å²) in [5.41, 5.74) is 6.98. The summed E-state index contributed by atoms with van der Waals surface area (Å²) < 4.78 is 33.6. The van der Waals surface area contributed by atoms with Gasteiger partial charge < -0.3 is 10.5 Å². The molecule has 0 saturated carbocycles. The molecule has 3 unspecified atom stereocenters. The molecular formula is C14H20N2O3S.